The molecule has 1 amide bonds. The summed E-state index contributed by atoms with van der Waals surface area (Å²) in [5, 5.41) is 17.4. The van der Waals surface area contributed by atoms with E-state index < -0.39 is 46.1 Å². The molecule has 3 rings (SSSR count). The number of carbonyl (C=O) groups excluding carboxylic acids is 4. The van der Waals surface area contributed by atoms with Gasteiger partial charge in [0, 0.05) is 31.8 Å². The van der Waals surface area contributed by atoms with E-state index in [2.05, 4.69) is 23.0 Å². The number of ketones is 3. The molecular weight excluding hydrogens is 819 g/mol. The molecular formula is C50H81N3O9S. The molecule has 1 aliphatic heterocycles. The minimum absolute atomic E-state index is 0.0202. The van der Waals surface area contributed by atoms with Crippen molar-refractivity contribution in [3.63, 3.8) is 0 Å². The van der Waals surface area contributed by atoms with E-state index in [9.17, 15) is 32.7 Å². The molecule has 1 fully saturated rings. The molecule has 1 heterocycles. The Kier molecular flexibility index (Phi) is 30.9. The summed E-state index contributed by atoms with van der Waals surface area (Å²) >= 11 is 0. The Morgan fingerprint density at radius 3 is 1.89 bits per heavy atom. The van der Waals surface area contributed by atoms with Gasteiger partial charge in [-0.1, -0.05) is 116 Å². The minimum Gasteiger partial charge on any atom is -0.380 e. The Labute approximate surface area is 381 Å². The summed E-state index contributed by atoms with van der Waals surface area (Å²) < 4.78 is 33.5. The van der Waals surface area contributed by atoms with E-state index in [1.807, 2.05) is 121 Å². The molecule has 0 saturated carbocycles. The van der Waals surface area contributed by atoms with E-state index in [1.165, 1.54) is 6.92 Å². The fourth-order valence-corrected chi connectivity index (χ4v) is 7.46. The van der Waals surface area contributed by atoms with Gasteiger partial charge < -0.3 is 20.5 Å². The second kappa shape index (κ2) is 32.8. The van der Waals surface area contributed by atoms with Gasteiger partial charge in [-0.15, -0.1) is 12.3 Å². The first kappa shape index (κ1) is 59.2. The molecule has 0 aliphatic carbocycles. The van der Waals surface area contributed by atoms with Crippen molar-refractivity contribution in [2.24, 2.45) is 23.7 Å². The quantitative estimate of drug-likeness (QED) is 0.0666. The number of hydrogen-bond donors (Lipinski definition) is 3. The first-order chi connectivity index (χ1) is 29.8. The first-order valence-electron chi connectivity index (χ1n) is 22.8. The van der Waals surface area contributed by atoms with Gasteiger partial charge in [-0.2, -0.15) is 8.42 Å². The van der Waals surface area contributed by atoms with Gasteiger partial charge >= 0.3 is 0 Å². The van der Waals surface area contributed by atoms with Crippen molar-refractivity contribution in [3.05, 3.63) is 71.8 Å². The van der Waals surface area contributed by atoms with Crippen molar-refractivity contribution >= 4 is 33.4 Å². The zero-order valence-corrected chi connectivity index (χ0v) is 41.1. The lowest BCUT2D eigenvalue weighted by molar-refractivity contribution is -0.141. The van der Waals surface area contributed by atoms with Crippen LogP contribution in [-0.2, 0) is 51.1 Å². The SMILES string of the molecule is C#CC.CC.CC.CC(C)C[C@H](NC(=O)[C@H](CCc1ccccc1)CC(=O)CN1CCOCC1)C(=O)C[C@H](CN[C@@H](CC(C)C)C(=O)[C@](C)(O)COS(C)(=O)=O)Cc1ccccc1. The number of aliphatic hydroxyl groups is 1. The van der Waals surface area contributed by atoms with E-state index in [4.69, 9.17) is 8.92 Å². The molecule has 1 saturated heterocycles. The van der Waals surface area contributed by atoms with Gasteiger partial charge in [-0.25, -0.2) is 0 Å². The van der Waals surface area contributed by atoms with E-state index in [1.54, 1.807) is 6.92 Å². The number of carbonyl (C=O) groups is 4. The minimum atomic E-state index is -3.90. The van der Waals surface area contributed by atoms with Crippen molar-refractivity contribution in [3.8, 4) is 12.3 Å². The van der Waals surface area contributed by atoms with Crippen molar-refractivity contribution < 1.29 is 41.6 Å². The van der Waals surface area contributed by atoms with E-state index in [0.29, 0.717) is 58.4 Å². The summed E-state index contributed by atoms with van der Waals surface area (Å²) in [7, 11) is -3.90. The lowest BCUT2D eigenvalue weighted by atomic mass is 9.87. The molecule has 1 aliphatic rings. The van der Waals surface area contributed by atoms with E-state index in [-0.39, 0.29) is 61.2 Å². The second-order valence-corrected chi connectivity index (χ2v) is 18.4. The van der Waals surface area contributed by atoms with Crippen LogP contribution in [0.3, 0.4) is 0 Å². The maximum atomic E-state index is 14.3. The average Bonchev–Trinajstić information content (AvgIpc) is 3.24. The van der Waals surface area contributed by atoms with Crippen LogP contribution in [0.15, 0.2) is 60.7 Å². The summed E-state index contributed by atoms with van der Waals surface area (Å²) in [4.78, 5) is 57.4. The number of terminal acetylenes is 1. The molecule has 5 atom stereocenters. The Balaban J connectivity index is 0.00000518. The number of rotatable bonds is 26. The number of ether oxygens (including phenoxy) is 1. The first-order valence-corrected chi connectivity index (χ1v) is 24.6. The van der Waals surface area contributed by atoms with Gasteiger partial charge in [-0.05, 0) is 81.4 Å². The number of benzene rings is 2. The highest BCUT2D eigenvalue weighted by atomic mass is 32.2. The number of nitrogens with one attached hydrogen (secondary N) is 2. The van der Waals surface area contributed by atoms with Crippen molar-refractivity contribution in [2.45, 2.75) is 132 Å². The summed E-state index contributed by atoms with van der Waals surface area (Å²) in [6.07, 6.45) is 7.98. The van der Waals surface area contributed by atoms with Crippen LogP contribution in [0, 0.1) is 36.0 Å². The molecule has 0 aromatic heterocycles. The highest BCUT2D eigenvalue weighted by molar-refractivity contribution is 7.86. The van der Waals surface area contributed by atoms with Gasteiger partial charge in [0.05, 0.1) is 38.1 Å². The maximum absolute atomic E-state index is 14.3. The predicted molar refractivity (Wildman–Crippen MR) is 255 cm³/mol. The molecule has 0 bridgehead atoms. The lowest BCUT2D eigenvalue weighted by Gasteiger charge is -2.30. The third-order valence-corrected chi connectivity index (χ3v) is 10.5. The number of nitrogens with zero attached hydrogens (tertiary/aromatic N) is 1. The standard InChI is InChI=1S/C43H65N3O9S.C3H4.2C2H6/c1-31(2)23-38(45-42(50)36(18-17-33-13-9-7-10-14-33)27-37(47)29-46-19-21-54-22-20-46)40(48)26-35(25-34-15-11-8-12-16-34)28-44-39(24-32(3)4)41(49)43(5,51)30-55-56(6,52)53;1-3-2;2*1-2/h7-16,31-32,35-36,38-39,44,51H,17-30H2,1-6H3,(H,45,50);1H,2H3;2*1-2H3/t35-,36-,38+,39+,43-;;;/m1.../s1. The predicted octanol–water partition coefficient (Wildman–Crippen LogP) is 6.87. The van der Waals surface area contributed by atoms with Gasteiger partial charge in [-0.3, -0.25) is 28.3 Å². The van der Waals surface area contributed by atoms with Crippen LogP contribution in [0.4, 0.5) is 0 Å². The average molecular weight is 900 g/mol. The largest absolute Gasteiger partial charge is 0.380 e. The lowest BCUT2D eigenvalue weighted by Crippen LogP contribution is -2.53. The Bertz CT molecular complexity index is 1720. The van der Waals surface area contributed by atoms with Crippen molar-refractivity contribution in [1.82, 2.24) is 15.5 Å². The molecule has 356 valence electrons. The van der Waals surface area contributed by atoms with Gasteiger partial charge in [0.1, 0.15) is 18.0 Å². The summed E-state index contributed by atoms with van der Waals surface area (Å²) in [6.45, 7) is 21.0. The fourth-order valence-electron chi connectivity index (χ4n) is 7.01. The second-order valence-electron chi connectivity index (χ2n) is 16.8. The normalized spacial score (nSPS) is 15.6. The summed E-state index contributed by atoms with van der Waals surface area (Å²) in [5.74, 6) is 0.409. The fraction of sp³-hybridized carbons (Fsp3) is 0.640. The van der Waals surface area contributed by atoms with Crippen LogP contribution in [-0.4, -0.2) is 112 Å². The van der Waals surface area contributed by atoms with Crippen LogP contribution in [0.25, 0.3) is 0 Å². The van der Waals surface area contributed by atoms with Crippen LogP contribution in [0.2, 0.25) is 0 Å². The number of aryl methyl sites for hydroxylation is 1. The Morgan fingerprint density at radius 1 is 0.873 bits per heavy atom. The molecule has 12 nitrogen and oxygen atoms in total. The molecule has 63 heavy (non-hydrogen) atoms. The molecule has 3 N–H and O–H groups in total. The number of Topliss-reactive ketones (excluding diaryl/α,β-unsaturated/α-hetero) is 3. The van der Waals surface area contributed by atoms with E-state index in [0.717, 1.165) is 17.4 Å². The van der Waals surface area contributed by atoms with Crippen molar-refractivity contribution in [1.29, 1.82) is 0 Å². The molecule has 0 unspecified atom stereocenters. The highest BCUT2D eigenvalue weighted by Gasteiger charge is 2.38. The molecule has 2 aromatic rings. The smallest absolute Gasteiger partial charge is 0.264 e. The van der Waals surface area contributed by atoms with Crippen LogP contribution >= 0.6 is 0 Å². The zero-order valence-electron chi connectivity index (χ0n) is 40.3. The highest BCUT2D eigenvalue weighted by Crippen LogP contribution is 2.21. The molecule has 0 spiro atoms. The van der Waals surface area contributed by atoms with Crippen LogP contribution < -0.4 is 10.6 Å². The number of hydrogen-bond acceptors (Lipinski definition) is 11. The zero-order chi connectivity index (χ0) is 48.0. The van der Waals surface area contributed by atoms with Crippen LogP contribution in [0.1, 0.15) is 112 Å². The Morgan fingerprint density at radius 2 is 1.38 bits per heavy atom. The summed E-state index contributed by atoms with van der Waals surface area (Å²) in [5.41, 5.74) is -0.0135. The molecule has 2 aromatic carbocycles. The third-order valence-electron chi connectivity index (χ3n) is 10.0. The molecule has 13 heteroatoms. The van der Waals surface area contributed by atoms with E-state index >= 15 is 0 Å². The Hall–Kier alpha value is -3.77. The maximum Gasteiger partial charge on any atom is 0.264 e. The molecule has 0 radical (unpaired) electrons. The monoisotopic (exact) mass is 900 g/mol. The van der Waals surface area contributed by atoms with Gasteiger partial charge in [0.2, 0.25) is 5.91 Å². The topological polar surface area (TPSA) is 168 Å². The summed E-state index contributed by atoms with van der Waals surface area (Å²) in [6, 6.07) is 17.9. The van der Waals surface area contributed by atoms with Crippen LogP contribution in [0.5, 0.6) is 0 Å². The number of morpholine rings is 1. The van der Waals surface area contributed by atoms with Gasteiger partial charge in [0.25, 0.3) is 10.1 Å². The third kappa shape index (κ3) is 26.6. The van der Waals surface area contributed by atoms with Gasteiger partial charge in [0.15, 0.2) is 11.6 Å². The number of amides is 1. The van der Waals surface area contributed by atoms with Crippen molar-refractivity contribution in [2.75, 3.05) is 52.3 Å².